The lowest BCUT2D eigenvalue weighted by molar-refractivity contribution is -0.167. The van der Waals surface area contributed by atoms with Crippen molar-refractivity contribution in [3.63, 3.8) is 0 Å². The van der Waals surface area contributed by atoms with Crippen molar-refractivity contribution in [2.75, 3.05) is 13.2 Å². The number of allylic oxidation sites excluding steroid dienone is 2. The topological polar surface area (TPSA) is 78.9 Å². The highest BCUT2D eigenvalue weighted by Crippen LogP contribution is 2.18. The molecule has 0 N–H and O–H groups in total. The SMILES string of the molecule is CCCC/C=C\CCCCCCCC(=O)OC(COC(=O)CCCCCCCCCCCCC)COC(=O)CCCCCCCCCCCCCCCCCCCCCCCCCCCCCC. The molecule has 0 aliphatic heterocycles. The van der Waals surface area contributed by atoms with Crippen molar-refractivity contribution in [1.82, 2.24) is 0 Å². The van der Waals surface area contributed by atoms with E-state index in [0.717, 1.165) is 64.2 Å². The quantitative estimate of drug-likeness (QED) is 0.0262. The van der Waals surface area contributed by atoms with Crippen LogP contribution in [0.3, 0.4) is 0 Å². The van der Waals surface area contributed by atoms with E-state index in [1.165, 1.54) is 244 Å². The number of hydrogen-bond donors (Lipinski definition) is 0. The summed E-state index contributed by atoms with van der Waals surface area (Å²) in [5.41, 5.74) is 0. The zero-order chi connectivity index (χ0) is 49.3. The fourth-order valence-electron chi connectivity index (χ4n) is 9.37. The van der Waals surface area contributed by atoms with Crippen LogP contribution in [0.5, 0.6) is 0 Å². The van der Waals surface area contributed by atoms with Crippen LogP contribution in [0.2, 0.25) is 0 Å². The summed E-state index contributed by atoms with van der Waals surface area (Å²) in [5, 5.41) is 0. The minimum atomic E-state index is -0.768. The van der Waals surface area contributed by atoms with Crippen molar-refractivity contribution in [1.29, 1.82) is 0 Å². The fraction of sp³-hybridized carbons (Fsp3) is 0.919. The lowest BCUT2D eigenvalue weighted by atomic mass is 10.0. The monoisotopic (exact) mass is 959 g/mol. The molecule has 0 aromatic carbocycles. The van der Waals surface area contributed by atoms with Gasteiger partial charge in [-0.05, 0) is 38.5 Å². The first-order valence-electron chi connectivity index (χ1n) is 30.7. The van der Waals surface area contributed by atoms with Gasteiger partial charge in [0, 0.05) is 19.3 Å². The Kier molecular flexibility index (Phi) is 56.2. The van der Waals surface area contributed by atoms with Crippen LogP contribution in [0.4, 0.5) is 0 Å². The molecule has 0 rings (SSSR count). The normalized spacial score (nSPS) is 12.0. The molecule has 402 valence electrons. The van der Waals surface area contributed by atoms with E-state index in [1.807, 2.05) is 0 Å². The molecule has 1 unspecified atom stereocenters. The Bertz CT molecular complexity index is 1060. The molecule has 0 spiro atoms. The van der Waals surface area contributed by atoms with E-state index in [1.54, 1.807) is 0 Å². The molecule has 0 saturated carbocycles. The van der Waals surface area contributed by atoms with Gasteiger partial charge in [0.25, 0.3) is 0 Å². The maximum atomic E-state index is 12.8. The van der Waals surface area contributed by atoms with Crippen LogP contribution < -0.4 is 0 Å². The summed E-state index contributed by atoms with van der Waals surface area (Å²) in [5.74, 6) is -0.857. The number of esters is 3. The van der Waals surface area contributed by atoms with Crippen LogP contribution in [0, 0.1) is 0 Å². The second kappa shape index (κ2) is 57.7. The average molecular weight is 960 g/mol. The first-order chi connectivity index (χ1) is 33.5. The zero-order valence-corrected chi connectivity index (χ0v) is 46.2. The Labute approximate surface area is 424 Å². The van der Waals surface area contributed by atoms with Gasteiger partial charge in [0.15, 0.2) is 6.10 Å². The average Bonchev–Trinajstić information content (AvgIpc) is 3.34. The van der Waals surface area contributed by atoms with Crippen LogP contribution in [-0.4, -0.2) is 37.2 Å². The summed E-state index contributed by atoms with van der Waals surface area (Å²) >= 11 is 0. The Morgan fingerprint density at radius 1 is 0.279 bits per heavy atom. The number of unbranched alkanes of at least 4 members (excludes halogenated alkanes) is 44. The number of carbonyl (C=O) groups excluding carboxylic acids is 3. The van der Waals surface area contributed by atoms with E-state index < -0.39 is 6.10 Å². The molecule has 6 nitrogen and oxygen atoms in total. The molecular weight excluding hydrogens is 841 g/mol. The maximum Gasteiger partial charge on any atom is 0.306 e. The smallest absolute Gasteiger partial charge is 0.306 e. The molecule has 0 amide bonds. The molecule has 0 aliphatic rings. The minimum Gasteiger partial charge on any atom is -0.462 e. The number of carbonyl (C=O) groups is 3. The van der Waals surface area contributed by atoms with Crippen LogP contribution in [-0.2, 0) is 28.6 Å². The minimum absolute atomic E-state index is 0.0678. The van der Waals surface area contributed by atoms with Gasteiger partial charge >= 0.3 is 17.9 Å². The number of ether oxygens (including phenoxy) is 3. The summed E-state index contributed by atoms with van der Waals surface area (Å²) in [7, 11) is 0. The number of rotatable bonds is 57. The molecule has 68 heavy (non-hydrogen) atoms. The summed E-state index contributed by atoms with van der Waals surface area (Å²) in [6, 6.07) is 0. The van der Waals surface area contributed by atoms with Crippen LogP contribution in [0.25, 0.3) is 0 Å². The zero-order valence-electron chi connectivity index (χ0n) is 46.2. The third kappa shape index (κ3) is 55.1. The van der Waals surface area contributed by atoms with Crippen molar-refractivity contribution in [3.8, 4) is 0 Å². The van der Waals surface area contributed by atoms with Crippen LogP contribution in [0.1, 0.15) is 348 Å². The molecule has 1 atom stereocenters. The summed E-state index contributed by atoms with van der Waals surface area (Å²) in [4.78, 5) is 38.0. The van der Waals surface area contributed by atoms with Gasteiger partial charge in [0.05, 0.1) is 0 Å². The largest absolute Gasteiger partial charge is 0.462 e. The third-order valence-corrected chi connectivity index (χ3v) is 14.0. The lowest BCUT2D eigenvalue weighted by Crippen LogP contribution is -2.30. The predicted molar refractivity (Wildman–Crippen MR) is 293 cm³/mol. The van der Waals surface area contributed by atoms with E-state index >= 15 is 0 Å². The van der Waals surface area contributed by atoms with Crippen molar-refractivity contribution in [2.45, 2.75) is 354 Å². The van der Waals surface area contributed by atoms with Crippen LogP contribution >= 0.6 is 0 Å². The highest BCUT2D eigenvalue weighted by atomic mass is 16.6. The van der Waals surface area contributed by atoms with Gasteiger partial charge in [-0.2, -0.15) is 0 Å². The first-order valence-corrected chi connectivity index (χ1v) is 30.7. The Morgan fingerprint density at radius 2 is 0.500 bits per heavy atom. The highest BCUT2D eigenvalue weighted by molar-refractivity contribution is 5.71. The molecule has 0 radical (unpaired) electrons. The van der Waals surface area contributed by atoms with E-state index in [9.17, 15) is 14.4 Å². The second-order valence-electron chi connectivity index (χ2n) is 21.0. The fourth-order valence-corrected chi connectivity index (χ4v) is 9.37. The van der Waals surface area contributed by atoms with E-state index in [2.05, 4.69) is 32.9 Å². The van der Waals surface area contributed by atoms with Gasteiger partial charge in [-0.3, -0.25) is 14.4 Å². The summed E-state index contributed by atoms with van der Waals surface area (Å²) < 4.78 is 16.8. The summed E-state index contributed by atoms with van der Waals surface area (Å²) in [6.45, 7) is 6.64. The van der Waals surface area contributed by atoms with Crippen molar-refractivity contribution in [2.24, 2.45) is 0 Å². The Balaban J connectivity index is 4.04. The standard InChI is InChI=1S/C62H118O6/c1-4-7-10-13-16-19-22-23-24-25-26-27-28-29-30-31-32-33-34-35-36-37-38-41-43-46-49-52-55-61(64)67-58-59(68-62(65)56-53-50-47-44-40-21-18-15-12-9-6-3)57-66-60(63)54-51-48-45-42-39-20-17-14-11-8-5-2/h15,18,59H,4-14,16-17,19-58H2,1-3H3/b18-15-. The Hall–Kier alpha value is -1.85. The third-order valence-electron chi connectivity index (χ3n) is 14.0. The molecule has 0 saturated heterocycles. The molecular formula is C62H118O6. The highest BCUT2D eigenvalue weighted by Gasteiger charge is 2.19. The van der Waals surface area contributed by atoms with E-state index in [0.29, 0.717) is 19.3 Å². The van der Waals surface area contributed by atoms with Gasteiger partial charge in [0.2, 0.25) is 0 Å². The summed E-state index contributed by atoms with van der Waals surface area (Å²) in [6.07, 6.45) is 66.7. The van der Waals surface area contributed by atoms with E-state index in [-0.39, 0.29) is 31.1 Å². The van der Waals surface area contributed by atoms with Gasteiger partial charge in [-0.1, -0.05) is 303 Å². The van der Waals surface area contributed by atoms with Gasteiger partial charge in [-0.15, -0.1) is 0 Å². The molecule has 0 aliphatic carbocycles. The van der Waals surface area contributed by atoms with E-state index in [4.69, 9.17) is 14.2 Å². The van der Waals surface area contributed by atoms with Crippen LogP contribution in [0.15, 0.2) is 12.2 Å². The second-order valence-corrected chi connectivity index (χ2v) is 21.0. The predicted octanol–water partition coefficient (Wildman–Crippen LogP) is 20.5. The van der Waals surface area contributed by atoms with Crippen molar-refractivity contribution >= 4 is 17.9 Å². The van der Waals surface area contributed by atoms with Gasteiger partial charge < -0.3 is 14.2 Å². The van der Waals surface area contributed by atoms with Gasteiger partial charge in [-0.25, -0.2) is 0 Å². The number of hydrogen-bond acceptors (Lipinski definition) is 6. The molecule has 0 aromatic heterocycles. The molecule has 0 heterocycles. The molecule has 6 heteroatoms. The van der Waals surface area contributed by atoms with Crippen molar-refractivity contribution in [3.05, 3.63) is 12.2 Å². The Morgan fingerprint density at radius 3 is 0.779 bits per heavy atom. The lowest BCUT2D eigenvalue weighted by Gasteiger charge is -2.18. The molecule has 0 fully saturated rings. The molecule has 0 aromatic rings. The first kappa shape index (κ1) is 66.2. The molecule has 0 bridgehead atoms. The maximum absolute atomic E-state index is 12.8. The van der Waals surface area contributed by atoms with Crippen molar-refractivity contribution < 1.29 is 28.6 Å². The van der Waals surface area contributed by atoms with Gasteiger partial charge in [0.1, 0.15) is 13.2 Å².